The number of nitrogens with zero attached hydrogens (tertiary/aromatic N) is 2. The second-order valence-electron chi connectivity index (χ2n) is 11.0. The lowest BCUT2D eigenvalue weighted by atomic mass is 10.1. The molecule has 0 aromatic heterocycles. The summed E-state index contributed by atoms with van der Waals surface area (Å²) in [6.07, 6.45) is 0. The third-order valence-electron chi connectivity index (χ3n) is 5.27. The molecule has 0 aliphatic carbocycles. The summed E-state index contributed by atoms with van der Waals surface area (Å²) in [5, 5.41) is 0. The fourth-order valence-electron chi connectivity index (χ4n) is 3.03. The lowest BCUT2D eigenvalue weighted by Gasteiger charge is -2.27. The molecular weight excluding hydrogens is 562 g/mol. The molecule has 2 aromatic rings. The Hall–Kier alpha value is -1.82. The molecule has 12 nitrogen and oxygen atoms in total. The zero-order valence-corrected chi connectivity index (χ0v) is 25.9. The van der Waals surface area contributed by atoms with E-state index in [0.29, 0.717) is 33.6 Å². The van der Waals surface area contributed by atoms with E-state index in [1.807, 2.05) is 66.6 Å². The molecule has 0 radical (unpaired) electrons. The van der Waals surface area contributed by atoms with Crippen molar-refractivity contribution in [1.82, 2.24) is 0 Å². The van der Waals surface area contributed by atoms with Crippen molar-refractivity contribution in [3.05, 3.63) is 48.5 Å². The quantitative estimate of drug-likeness (QED) is 0.134. The van der Waals surface area contributed by atoms with Gasteiger partial charge in [0.1, 0.15) is 51.0 Å². The molecule has 0 fully saturated rings. The Morgan fingerprint density at radius 2 is 0.825 bits per heavy atom. The summed E-state index contributed by atoms with van der Waals surface area (Å²) in [7, 11) is 2.88. The van der Waals surface area contributed by atoms with Gasteiger partial charge in [0, 0.05) is 0 Å². The van der Waals surface area contributed by atoms with Crippen molar-refractivity contribution in [2.24, 2.45) is 0 Å². The minimum atomic E-state index is -4.37. The van der Waals surface area contributed by atoms with Gasteiger partial charge < -0.3 is 46.3 Å². The molecule has 0 aliphatic rings. The Kier molecular flexibility index (Phi) is 13.3. The van der Waals surface area contributed by atoms with Crippen molar-refractivity contribution in [3.8, 4) is 22.6 Å². The van der Waals surface area contributed by atoms with Crippen molar-refractivity contribution in [1.29, 1.82) is 0 Å². The third-order valence-corrected chi connectivity index (χ3v) is 7.26. The smallest absolute Gasteiger partial charge is 0.268 e. The van der Waals surface area contributed by atoms with Crippen LogP contribution in [0.3, 0.4) is 0 Å². The van der Waals surface area contributed by atoms with Gasteiger partial charge in [-0.25, -0.2) is 0 Å². The number of phosphoric ester groups is 2. The van der Waals surface area contributed by atoms with E-state index in [1.54, 1.807) is 24.3 Å². The molecule has 0 heterocycles. The summed E-state index contributed by atoms with van der Waals surface area (Å²) in [5.74, 6) is 1.13. The molecule has 2 atom stereocenters. The summed E-state index contributed by atoms with van der Waals surface area (Å²) in [6.45, 7) is 0.934. The number of quaternary nitrogens is 2. The maximum absolute atomic E-state index is 11.8. The van der Waals surface area contributed by atoms with E-state index in [9.17, 15) is 18.9 Å². The highest BCUT2D eigenvalue weighted by Crippen LogP contribution is 2.38. The monoisotopic (exact) mass is 604 g/mol. The molecule has 2 unspecified atom stereocenters. The predicted octanol–water partition coefficient (Wildman–Crippen LogP) is 2.53. The van der Waals surface area contributed by atoms with Crippen LogP contribution < -0.4 is 19.3 Å². The van der Waals surface area contributed by atoms with Crippen LogP contribution >= 0.6 is 15.6 Å². The first-order valence-electron chi connectivity index (χ1n) is 12.8. The predicted molar refractivity (Wildman–Crippen MR) is 148 cm³/mol. The number of phosphoric acid groups is 2. The number of rotatable bonds is 19. The first kappa shape index (κ1) is 34.4. The van der Waals surface area contributed by atoms with E-state index in [1.165, 1.54) is 0 Å². The molecule has 0 N–H and O–H groups in total. The van der Waals surface area contributed by atoms with Crippen LogP contribution in [-0.2, 0) is 27.2 Å². The zero-order chi connectivity index (χ0) is 29.9. The number of benzene rings is 2. The Balaban J connectivity index is 1.70. The van der Waals surface area contributed by atoms with Crippen molar-refractivity contribution >= 4 is 15.6 Å². The van der Waals surface area contributed by atoms with Crippen molar-refractivity contribution in [2.75, 3.05) is 95.0 Å². The van der Waals surface area contributed by atoms with Crippen LogP contribution in [-0.4, -0.2) is 104 Å². The average Bonchev–Trinajstić information content (AvgIpc) is 2.83. The van der Waals surface area contributed by atoms with Crippen molar-refractivity contribution in [2.45, 2.75) is 0 Å². The highest BCUT2D eigenvalue weighted by molar-refractivity contribution is 7.46. The van der Waals surface area contributed by atoms with Gasteiger partial charge in [-0.15, -0.1) is 0 Å². The van der Waals surface area contributed by atoms with E-state index in [2.05, 4.69) is 0 Å². The molecule has 0 spiro atoms. The number of ether oxygens (including phenoxy) is 2. The summed E-state index contributed by atoms with van der Waals surface area (Å²) >= 11 is 0. The molecule has 226 valence electrons. The average molecular weight is 605 g/mol. The molecule has 2 rings (SSSR count). The van der Waals surface area contributed by atoms with Crippen LogP contribution in [0.2, 0.25) is 0 Å². The first-order chi connectivity index (χ1) is 18.5. The maximum atomic E-state index is 11.8. The van der Waals surface area contributed by atoms with Crippen LogP contribution in [0.25, 0.3) is 11.1 Å². The maximum Gasteiger partial charge on any atom is 0.268 e. The van der Waals surface area contributed by atoms with Crippen LogP contribution in [0, 0.1) is 0 Å². The van der Waals surface area contributed by atoms with E-state index in [4.69, 9.17) is 27.6 Å². The van der Waals surface area contributed by atoms with E-state index < -0.39 is 15.6 Å². The SMILES string of the molecule is C[N+](C)(C)CCOP(=O)([O-])OCCOc1ccc(-c2ccc(OCCOP(=O)([O-])OCC[N+](C)(C)C)cc2)cc1. The Labute approximate surface area is 237 Å². The van der Waals surface area contributed by atoms with Gasteiger partial charge >= 0.3 is 0 Å². The molecule has 0 saturated carbocycles. The molecular formula is C26H42N2O10P2. The van der Waals surface area contributed by atoms with Gasteiger partial charge in [-0.05, 0) is 35.4 Å². The van der Waals surface area contributed by atoms with Crippen LogP contribution in [0.15, 0.2) is 48.5 Å². The van der Waals surface area contributed by atoms with Gasteiger partial charge in [-0.2, -0.15) is 0 Å². The fourth-order valence-corrected chi connectivity index (χ4v) is 4.39. The zero-order valence-electron chi connectivity index (χ0n) is 24.1. The molecule has 40 heavy (non-hydrogen) atoms. The number of hydrogen-bond acceptors (Lipinski definition) is 10. The fraction of sp³-hybridized carbons (Fsp3) is 0.538. The van der Waals surface area contributed by atoms with Gasteiger partial charge in [-0.3, -0.25) is 9.13 Å². The highest BCUT2D eigenvalue weighted by Gasteiger charge is 2.14. The van der Waals surface area contributed by atoms with Crippen LogP contribution in [0.4, 0.5) is 0 Å². The Morgan fingerprint density at radius 1 is 0.525 bits per heavy atom. The van der Waals surface area contributed by atoms with E-state index in [0.717, 1.165) is 11.1 Å². The Bertz CT molecular complexity index is 1030. The molecule has 14 heteroatoms. The van der Waals surface area contributed by atoms with Gasteiger partial charge in [0.25, 0.3) is 15.6 Å². The molecule has 0 saturated heterocycles. The van der Waals surface area contributed by atoms with Gasteiger partial charge in [-0.1, -0.05) is 24.3 Å². The second kappa shape index (κ2) is 15.4. The van der Waals surface area contributed by atoms with Crippen molar-refractivity contribution < 1.29 is 55.5 Å². The summed E-state index contributed by atoms with van der Waals surface area (Å²) in [5.41, 5.74) is 1.87. The molecule has 0 aliphatic heterocycles. The first-order valence-corrected chi connectivity index (χ1v) is 15.7. The van der Waals surface area contributed by atoms with Gasteiger partial charge in [0.2, 0.25) is 0 Å². The molecule has 0 bridgehead atoms. The number of hydrogen-bond donors (Lipinski definition) is 0. The van der Waals surface area contributed by atoms with Gasteiger partial charge in [0.15, 0.2) is 0 Å². The van der Waals surface area contributed by atoms with Crippen LogP contribution in [0.5, 0.6) is 11.5 Å². The third kappa shape index (κ3) is 15.3. The lowest BCUT2D eigenvalue weighted by molar-refractivity contribution is -0.870. The van der Waals surface area contributed by atoms with E-state index >= 15 is 0 Å². The molecule has 2 aromatic carbocycles. The van der Waals surface area contributed by atoms with Crippen LogP contribution in [0.1, 0.15) is 0 Å². The standard InChI is InChI=1S/C26H42N2O10P2/c1-27(2,3)15-17-35-39(29,30)37-21-19-33-25-11-7-23(8-12-25)24-9-13-26(14-10-24)34-20-22-38-40(31,32)36-18-16-28(4,5)6/h7-14H,15-22H2,1-6H3. The van der Waals surface area contributed by atoms with E-state index in [-0.39, 0.29) is 39.6 Å². The highest BCUT2D eigenvalue weighted by atomic mass is 31.2. The topological polar surface area (TPSA) is 136 Å². The lowest BCUT2D eigenvalue weighted by Crippen LogP contribution is -2.37. The Morgan fingerprint density at radius 3 is 1.12 bits per heavy atom. The summed E-state index contributed by atoms with van der Waals surface area (Å²) in [4.78, 5) is 23.6. The minimum Gasteiger partial charge on any atom is -0.756 e. The normalized spacial score (nSPS) is 15.3. The summed E-state index contributed by atoms with van der Waals surface area (Å²) in [6, 6.07) is 14.6. The second-order valence-corrected chi connectivity index (χ2v) is 13.8. The number of likely N-dealkylation sites (N-methyl/N-ethyl adjacent to an activating group) is 2. The minimum absolute atomic E-state index is 0.0458. The van der Waals surface area contributed by atoms with Crippen molar-refractivity contribution in [3.63, 3.8) is 0 Å². The molecule has 0 amide bonds. The van der Waals surface area contributed by atoms with Gasteiger partial charge in [0.05, 0.1) is 55.5 Å². The largest absolute Gasteiger partial charge is 0.756 e. The summed E-state index contributed by atoms with van der Waals surface area (Å²) < 4.78 is 55.3.